The van der Waals surface area contributed by atoms with E-state index in [1.165, 1.54) is 45.2 Å². The first kappa shape index (κ1) is 18.8. The number of halogens is 1. The zero-order chi connectivity index (χ0) is 18.8. The zero-order valence-corrected chi connectivity index (χ0v) is 16.5. The number of rotatable bonds is 4. The molecule has 0 unspecified atom stereocenters. The van der Waals surface area contributed by atoms with Crippen molar-refractivity contribution < 1.29 is 9.59 Å². The summed E-state index contributed by atoms with van der Waals surface area (Å²) in [7, 11) is 0. The number of hydrogen-bond acceptors (Lipinski definition) is 3. The topological polar surface area (TPSA) is 52.7 Å². The first-order valence-corrected chi connectivity index (χ1v) is 10.6. The molecular weight excluding hydrogens is 362 g/mol. The lowest BCUT2D eigenvalue weighted by atomic mass is 9.83. The Bertz CT molecular complexity index is 708. The van der Waals surface area contributed by atoms with Crippen molar-refractivity contribution in [3.63, 3.8) is 0 Å². The highest BCUT2D eigenvalue weighted by Crippen LogP contribution is 2.31. The van der Waals surface area contributed by atoms with Gasteiger partial charge in [0.2, 0.25) is 11.8 Å². The minimum atomic E-state index is -0.275. The molecule has 2 amide bonds. The molecule has 4 rings (SSSR count). The Balaban J connectivity index is 1.33. The summed E-state index contributed by atoms with van der Waals surface area (Å²) in [6.45, 7) is 3.59. The first-order valence-electron chi connectivity index (χ1n) is 10.2. The molecule has 3 aliphatic rings. The predicted octanol–water partition coefficient (Wildman–Crippen LogP) is 3.07. The number of hydrogen-bond donors (Lipinski definition) is 1. The lowest BCUT2D eigenvalue weighted by Gasteiger charge is -2.44. The van der Waals surface area contributed by atoms with Gasteiger partial charge in [0.1, 0.15) is 0 Å². The summed E-state index contributed by atoms with van der Waals surface area (Å²) in [6.07, 6.45) is 6.56. The Kier molecular flexibility index (Phi) is 5.69. The molecule has 1 N–H and O–H groups in total. The molecule has 6 heteroatoms. The van der Waals surface area contributed by atoms with Gasteiger partial charge in [0.25, 0.3) is 0 Å². The van der Waals surface area contributed by atoms with Gasteiger partial charge in [-0.3, -0.25) is 9.59 Å². The number of benzene rings is 1. The second-order valence-corrected chi connectivity index (χ2v) is 8.57. The summed E-state index contributed by atoms with van der Waals surface area (Å²) in [5, 5.41) is 3.76. The van der Waals surface area contributed by atoms with Crippen molar-refractivity contribution in [3.05, 3.63) is 29.3 Å². The molecule has 1 aromatic carbocycles. The number of carbonyl (C=O) groups excluding carboxylic acids is 2. The van der Waals surface area contributed by atoms with E-state index in [1.54, 1.807) is 17.0 Å². The maximum Gasteiger partial charge on any atom is 0.227 e. The maximum atomic E-state index is 12.7. The van der Waals surface area contributed by atoms with Crippen LogP contribution >= 0.6 is 11.6 Å². The summed E-state index contributed by atoms with van der Waals surface area (Å²) < 4.78 is 0. The van der Waals surface area contributed by atoms with Crippen LogP contribution in [-0.2, 0) is 9.59 Å². The minimum absolute atomic E-state index is 0.00598. The van der Waals surface area contributed by atoms with E-state index in [1.807, 2.05) is 12.1 Å². The van der Waals surface area contributed by atoms with E-state index < -0.39 is 0 Å². The van der Waals surface area contributed by atoms with Gasteiger partial charge >= 0.3 is 0 Å². The molecule has 146 valence electrons. The molecular formula is C21H28ClN3O2. The second-order valence-electron chi connectivity index (χ2n) is 8.13. The molecule has 0 aliphatic carbocycles. The fourth-order valence-electron chi connectivity index (χ4n) is 4.97. The molecule has 0 spiro atoms. The second kappa shape index (κ2) is 8.19. The fourth-order valence-corrected chi connectivity index (χ4v) is 5.15. The van der Waals surface area contributed by atoms with Crippen molar-refractivity contribution in [2.45, 2.75) is 44.6 Å². The normalized spacial score (nSPS) is 28.9. The van der Waals surface area contributed by atoms with Gasteiger partial charge in [-0.05, 0) is 62.9 Å². The monoisotopic (exact) mass is 389 g/mol. The van der Waals surface area contributed by atoms with Crippen LogP contribution in [0.5, 0.6) is 0 Å². The van der Waals surface area contributed by atoms with Gasteiger partial charge in [-0.25, -0.2) is 0 Å². The van der Waals surface area contributed by atoms with Gasteiger partial charge < -0.3 is 15.1 Å². The Hall–Kier alpha value is -1.59. The van der Waals surface area contributed by atoms with Gasteiger partial charge in [0.05, 0.1) is 5.92 Å². The molecule has 27 heavy (non-hydrogen) atoms. The largest absolute Gasteiger partial charge is 0.355 e. The number of fused-ring (bicyclic) bond motifs is 1. The molecule has 3 saturated heterocycles. The minimum Gasteiger partial charge on any atom is -0.355 e. The number of carbonyl (C=O) groups is 2. The molecule has 3 fully saturated rings. The van der Waals surface area contributed by atoms with Crippen LogP contribution in [0.1, 0.15) is 38.5 Å². The van der Waals surface area contributed by atoms with Gasteiger partial charge in [-0.15, -0.1) is 0 Å². The van der Waals surface area contributed by atoms with Crippen LogP contribution in [0, 0.1) is 11.8 Å². The smallest absolute Gasteiger partial charge is 0.227 e. The molecule has 3 heterocycles. The van der Waals surface area contributed by atoms with E-state index in [0.29, 0.717) is 23.5 Å². The van der Waals surface area contributed by atoms with E-state index in [0.717, 1.165) is 12.2 Å². The molecule has 0 bridgehead atoms. The van der Waals surface area contributed by atoms with Crippen LogP contribution in [0.3, 0.4) is 0 Å². The Morgan fingerprint density at radius 1 is 1.19 bits per heavy atom. The van der Waals surface area contributed by atoms with Crippen molar-refractivity contribution in [3.8, 4) is 0 Å². The Morgan fingerprint density at radius 3 is 2.89 bits per heavy atom. The number of amides is 2. The molecule has 3 atom stereocenters. The summed E-state index contributed by atoms with van der Waals surface area (Å²) in [4.78, 5) is 29.4. The van der Waals surface area contributed by atoms with Crippen molar-refractivity contribution in [2.24, 2.45) is 11.8 Å². The number of nitrogens with one attached hydrogen (secondary N) is 1. The lowest BCUT2D eigenvalue weighted by molar-refractivity contribution is -0.126. The average molecular weight is 390 g/mol. The number of piperidine rings is 2. The standard InChI is InChI=1S/C21H28ClN3O2/c22-17-6-3-7-18(12-17)25-14-16(11-20(25)26)21(27)23-13-15-5-4-10-24-9-2-1-8-19(15)24/h3,6-7,12,15-16,19H,1-2,4-5,8-11,13-14H2,(H,23,27)/t15-,16-,19+/m0/s1. The third-order valence-electron chi connectivity index (χ3n) is 6.38. The third kappa shape index (κ3) is 4.14. The van der Waals surface area contributed by atoms with E-state index in [9.17, 15) is 9.59 Å². The average Bonchev–Trinajstić information content (AvgIpc) is 3.08. The van der Waals surface area contributed by atoms with Crippen molar-refractivity contribution in [1.29, 1.82) is 0 Å². The SMILES string of the molecule is O=C(NC[C@@H]1CCCN2CCCC[C@H]12)[C@H]1CC(=O)N(c2cccc(Cl)c2)C1. The van der Waals surface area contributed by atoms with Crippen molar-refractivity contribution in [1.82, 2.24) is 10.2 Å². The van der Waals surface area contributed by atoms with Crippen LogP contribution in [0.15, 0.2) is 24.3 Å². The number of anilines is 1. The summed E-state index contributed by atoms with van der Waals surface area (Å²) in [6, 6.07) is 7.88. The molecule has 1 aromatic rings. The molecule has 3 aliphatic heterocycles. The summed E-state index contributed by atoms with van der Waals surface area (Å²) in [5.41, 5.74) is 0.771. The van der Waals surface area contributed by atoms with Crippen molar-refractivity contribution in [2.75, 3.05) is 31.1 Å². The van der Waals surface area contributed by atoms with Crippen LogP contribution < -0.4 is 10.2 Å². The molecule has 0 saturated carbocycles. The summed E-state index contributed by atoms with van der Waals surface area (Å²) >= 11 is 6.04. The van der Waals surface area contributed by atoms with Crippen LogP contribution in [0.25, 0.3) is 0 Å². The van der Waals surface area contributed by atoms with Gasteiger partial charge in [0.15, 0.2) is 0 Å². The Labute approximate surface area is 166 Å². The fraction of sp³-hybridized carbons (Fsp3) is 0.619. The highest BCUT2D eigenvalue weighted by atomic mass is 35.5. The predicted molar refractivity (Wildman–Crippen MR) is 107 cm³/mol. The van der Waals surface area contributed by atoms with Crippen LogP contribution in [0.4, 0.5) is 5.69 Å². The number of nitrogens with zero attached hydrogens (tertiary/aromatic N) is 2. The molecule has 5 nitrogen and oxygen atoms in total. The van der Waals surface area contributed by atoms with Crippen LogP contribution in [-0.4, -0.2) is 48.9 Å². The highest BCUT2D eigenvalue weighted by molar-refractivity contribution is 6.30. The van der Waals surface area contributed by atoms with Gasteiger partial charge in [-0.1, -0.05) is 24.1 Å². The Morgan fingerprint density at radius 2 is 2.04 bits per heavy atom. The van der Waals surface area contributed by atoms with E-state index in [-0.39, 0.29) is 24.2 Å². The van der Waals surface area contributed by atoms with E-state index >= 15 is 0 Å². The van der Waals surface area contributed by atoms with Gasteiger partial charge in [-0.2, -0.15) is 0 Å². The first-order chi connectivity index (χ1) is 13.1. The zero-order valence-electron chi connectivity index (χ0n) is 15.7. The van der Waals surface area contributed by atoms with E-state index in [2.05, 4.69) is 10.2 Å². The lowest BCUT2D eigenvalue weighted by Crippen LogP contribution is -2.51. The third-order valence-corrected chi connectivity index (χ3v) is 6.62. The summed E-state index contributed by atoms with van der Waals surface area (Å²) in [5.74, 6) is 0.279. The van der Waals surface area contributed by atoms with Gasteiger partial charge in [0, 0.05) is 36.3 Å². The van der Waals surface area contributed by atoms with E-state index in [4.69, 9.17) is 11.6 Å². The molecule has 0 aromatic heterocycles. The highest BCUT2D eigenvalue weighted by Gasteiger charge is 2.37. The quantitative estimate of drug-likeness (QED) is 0.861. The molecule has 0 radical (unpaired) electrons. The maximum absolute atomic E-state index is 12.7. The van der Waals surface area contributed by atoms with Crippen molar-refractivity contribution >= 4 is 29.1 Å². The van der Waals surface area contributed by atoms with Crippen LogP contribution in [0.2, 0.25) is 5.02 Å².